The van der Waals surface area contributed by atoms with E-state index in [1.54, 1.807) is 16.7 Å². The molecule has 228 valence electrons. The Morgan fingerprint density at radius 2 is 1.56 bits per heavy atom. The van der Waals surface area contributed by atoms with E-state index in [1.165, 1.54) is 12.1 Å². The average molecular weight is 609 g/mol. The smallest absolute Gasteiger partial charge is 0.343 e. The molecule has 0 aliphatic carbocycles. The van der Waals surface area contributed by atoms with Crippen LogP contribution < -0.4 is 10.6 Å². The van der Waals surface area contributed by atoms with Crippen molar-refractivity contribution in [3.8, 4) is 11.5 Å². The molecular formula is C28H26F6N6O3. The van der Waals surface area contributed by atoms with E-state index in [2.05, 4.69) is 4.57 Å². The number of aryl methyl sites for hydroxylation is 2. The van der Waals surface area contributed by atoms with E-state index in [0.717, 1.165) is 21.5 Å². The molecule has 2 N–H and O–H groups in total. The van der Waals surface area contributed by atoms with Gasteiger partial charge in [0.25, 0.3) is 5.91 Å². The Kier molecular flexibility index (Phi) is 7.60. The van der Waals surface area contributed by atoms with Gasteiger partial charge in [0.05, 0.1) is 28.8 Å². The fourth-order valence-electron chi connectivity index (χ4n) is 5.44. The quantitative estimate of drug-likeness (QED) is 0.333. The van der Waals surface area contributed by atoms with Gasteiger partial charge in [-0.1, -0.05) is 18.2 Å². The summed E-state index contributed by atoms with van der Waals surface area (Å²) in [6, 6.07) is 11.5. The molecule has 9 nitrogen and oxygen atoms in total. The third kappa shape index (κ3) is 5.75. The molecule has 5 rings (SSSR count). The lowest BCUT2D eigenvalue weighted by Crippen LogP contribution is -2.63. The SMILES string of the molecule is CCn1c(-c2nc3cc(C(=O)N4CCC(NC(=O)C(F)(F)F)C(NC(=O)C(F)(F)F)C4)ccc3n2C)cc2ccccc21. The van der Waals surface area contributed by atoms with Crippen molar-refractivity contribution in [1.29, 1.82) is 0 Å². The first-order chi connectivity index (χ1) is 20.2. The van der Waals surface area contributed by atoms with Crippen molar-refractivity contribution in [2.75, 3.05) is 13.1 Å². The summed E-state index contributed by atoms with van der Waals surface area (Å²) in [4.78, 5) is 42.4. The Bertz CT molecular complexity index is 1720. The highest BCUT2D eigenvalue weighted by molar-refractivity contribution is 5.98. The molecule has 1 fully saturated rings. The number of imidazole rings is 1. The summed E-state index contributed by atoms with van der Waals surface area (Å²) in [6.07, 6.45) is -10.9. The van der Waals surface area contributed by atoms with Crippen LogP contribution in [-0.4, -0.2) is 74.3 Å². The zero-order valence-corrected chi connectivity index (χ0v) is 22.9. The molecule has 0 spiro atoms. The first-order valence-electron chi connectivity index (χ1n) is 13.3. The van der Waals surface area contributed by atoms with Gasteiger partial charge in [0, 0.05) is 43.1 Å². The number of likely N-dealkylation sites (tertiary alicyclic amines) is 1. The molecule has 3 amide bonds. The number of halogens is 6. The van der Waals surface area contributed by atoms with Gasteiger partial charge in [-0.2, -0.15) is 26.3 Å². The molecule has 2 atom stereocenters. The molecular weight excluding hydrogens is 582 g/mol. The van der Waals surface area contributed by atoms with Crippen molar-refractivity contribution in [1.82, 2.24) is 29.7 Å². The normalized spacial score (nSPS) is 17.8. The van der Waals surface area contributed by atoms with Crippen LogP contribution in [0.4, 0.5) is 26.3 Å². The minimum Gasteiger partial charge on any atom is -0.343 e. The van der Waals surface area contributed by atoms with E-state index in [-0.39, 0.29) is 18.5 Å². The molecule has 4 aromatic rings. The number of hydrogen-bond donors (Lipinski definition) is 2. The van der Waals surface area contributed by atoms with E-state index >= 15 is 0 Å². The number of nitrogens with one attached hydrogen (secondary N) is 2. The van der Waals surface area contributed by atoms with Crippen LogP contribution in [0, 0.1) is 0 Å². The first kappa shape index (κ1) is 29.9. The van der Waals surface area contributed by atoms with Crippen LogP contribution in [0.5, 0.6) is 0 Å². The van der Waals surface area contributed by atoms with E-state index in [0.29, 0.717) is 23.4 Å². The molecule has 2 aromatic carbocycles. The summed E-state index contributed by atoms with van der Waals surface area (Å²) in [5, 5.41) is 4.29. The number of fused-ring (bicyclic) bond motifs is 2. The highest BCUT2D eigenvalue weighted by Gasteiger charge is 2.45. The van der Waals surface area contributed by atoms with Gasteiger partial charge in [0.1, 0.15) is 0 Å². The van der Waals surface area contributed by atoms with Crippen LogP contribution in [0.2, 0.25) is 0 Å². The molecule has 1 aliphatic heterocycles. The third-order valence-electron chi connectivity index (χ3n) is 7.53. The first-order valence-corrected chi connectivity index (χ1v) is 13.3. The van der Waals surface area contributed by atoms with E-state index in [9.17, 15) is 40.7 Å². The van der Waals surface area contributed by atoms with Crippen molar-refractivity contribution < 1.29 is 40.7 Å². The second kappa shape index (κ2) is 10.9. The highest BCUT2D eigenvalue weighted by Crippen LogP contribution is 2.30. The molecule has 2 aromatic heterocycles. The van der Waals surface area contributed by atoms with Crippen LogP contribution in [0.1, 0.15) is 23.7 Å². The Morgan fingerprint density at radius 3 is 2.21 bits per heavy atom. The monoisotopic (exact) mass is 608 g/mol. The minimum atomic E-state index is -5.32. The Morgan fingerprint density at radius 1 is 0.907 bits per heavy atom. The van der Waals surface area contributed by atoms with Gasteiger partial charge >= 0.3 is 24.2 Å². The molecule has 1 aliphatic rings. The van der Waals surface area contributed by atoms with Gasteiger partial charge in [-0.05, 0) is 43.7 Å². The molecule has 15 heteroatoms. The number of alkyl halides is 6. The van der Waals surface area contributed by atoms with Crippen LogP contribution in [0.25, 0.3) is 33.5 Å². The van der Waals surface area contributed by atoms with Gasteiger partial charge in [0.15, 0.2) is 5.82 Å². The van der Waals surface area contributed by atoms with Gasteiger partial charge in [-0.15, -0.1) is 0 Å². The Labute approximate surface area is 240 Å². The van der Waals surface area contributed by atoms with Crippen LogP contribution in [0.15, 0.2) is 48.5 Å². The average Bonchev–Trinajstić information content (AvgIpc) is 3.49. The number of aromatic nitrogens is 3. The van der Waals surface area contributed by atoms with Gasteiger partial charge in [-0.25, -0.2) is 4.98 Å². The third-order valence-corrected chi connectivity index (χ3v) is 7.53. The topological polar surface area (TPSA) is 101 Å². The lowest BCUT2D eigenvalue weighted by atomic mass is 9.97. The summed E-state index contributed by atoms with van der Waals surface area (Å²) >= 11 is 0. The zero-order valence-electron chi connectivity index (χ0n) is 22.9. The van der Waals surface area contributed by atoms with Gasteiger partial charge in [-0.3, -0.25) is 14.4 Å². The number of carbonyl (C=O) groups excluding carboxylic acids is 3. The largest absolute Gasteiger partial charge is 0.471 e. The molecule has 43 heavy (non-hydrogen) atoms. The summed E-state index contributed by atoms with van der Waals surface area (Å²) in [6.45, 7) is 1.95. The Hall–Kier alpha value is -4.56. The van der Waals surface area contributed by atoms with Crippen molar-refractivity contribution in [3.63, 3.8) is 0 Å². The van der Waals surface area contributed by atoms with Gasteiger partial charge in [0.2, 0.25) is 0 Å². The maximum absolute atomic E-state index is 13.4. The number of amides is 3. The van der Waals surface area contributed by atoms with Crippen molar-refractivity contribution in [2.24, 2.45) is 7.05 Å². The number of piperidine rings is 1. The van der Waals surface area contributed by atoms with Crippen molar-refractivity contribution >= 4 is 39.7 Å². The summed E-state index contributed by atoms with van der Waals surface area (Å²) in [5.41, 5.74) is 3.23. The van der Waals surface area contributed by atoms with Crippen LogP contribution in [-0.2, 0) is 23.2 Å². The second-order valence-electron chi connectivity index (χ2n) is 10.2. The van der Waals surface area contributed by atoms with E-state index in [4.69, 9.17) is 4.98 Å². The molecule has 0 saturated carbocycles. The molecule has 0 bridgehead atoms. The lowest BCUT2D eigenvalue weighted by molar-refractivity contribution is -0.177. The summed E-state index contributed by atoms with van der Waals surface area (Å²) in [7, 11) is 1.83. The highest BCUT2D eigenvalue weighted by atomic mass is 19.4. The van der Waals surface area contributed by atoms with E-state index in [1.807, 2.05) is 48.9 Å². The number of rotatable bonds is 5. The second-order valence-corrected chi connectivity index (χ2v) is 10.2. The number of para-hydroxylation sites is 1. The summed E-state index contributed by atoms with van der Waals surface area (Å²) in [5.74, 6) is -4.73. The number of nitrogens with zero attached hydrogens (tertiary/aromatic N) is 4. The van der Waals surface area contributed by atoms with Crippen molar-refractivity contribution in [2.45, 2.75) is 44.3 Å². The molecule has 1 saturated heterocycles. The fraction of sp³-hybridized carbons (Fsp3) is 0.357. The van der Waals surface area contributed by atoms with Gasteiger partial charge < -0.3 is 24.7 Å². The maximum atomic E-state index is 13.4. The number of hydrogen-bond acceptors (Lipinski definition) is 4. The molecule has 2 unspecified atom stereocenters. The predicted molar refractivity (Wildman–Crippen MR) is 144 cm³/mol. The van der Waals surface area contributed by atoms with Crippen LogP contribution >= 0.6 is 0 Å². The molecule has 0 radical (unpaired) electrons. The predicted octanol–water partition coefficient (Wildman–Crippen LogP) is 4.16. The minimum absolute atomic E-state index is 0.145. The number of carbonyl (C=O) groups is 3. The fourth-order valence-corrected chi connectivity index (χ4v) is 5.44. The molecule has 3 heterocycles. The zero-order chi connectivity index (χ0) is 31.3. The van der Waals surface area contributed by atoms with E-state index < -0.39 is 48.7 Å². The van der Waals surface area contributed by atoms with Crippen LogP contribution in [0.3, 0.4) is 0 Å². The maximum Gasteiger partial charge on any atom is 0.471 e. The van der Waals surface area contributed by atoms with Crippen molar-refractivity contribution in [3.05, 3.63) is 54.1 Å². The number of benzene rings is 2. The lowest BCUT2D eigenvalue weighted by Gasteiger charge is -2.39. The summed E-state index contributed by atoms with van der Waals surface area (Å²) < 4.78 is 81.3. The Balaban J connectivity index is 1.42. The standard InChI is InChI=1S/C28H26F6N6O3/c1-3-40-20-7-5-4-6-15(20)13-22(40)23-35-18-12-16(8-9-21(18)38(23)2)24(41)39-11-10-17(36-25(42)27(29,30)31)19(14-39)37-26(43)28(32,33)34/h4-9,12-13,17,19H,3,10-11,14H2,1-2H3,(H,36,42)(H,37,43).